The first-order valence-corrected chi connectivity index (χ1v) is 14.9. The highest BCUT2D eigenvalue weighted by Gasteiger charge is 2.24. The van der Waals surface area contributed by atoms with Crippen LogP contribution < -0.4 is 11.1 Å². The maximum atomic E-state index is 12.3. The van der Waals surface area contributed by atoms with Gasteiger partial charge >= 0.3 is 0 Å². The summed E-state index contributed by atoms with van der Waals surface area (Å²) < 4.78 is 58.3. The van der Waals surface area contributed by atoms with Crippen molar-refractivity contribution in [2.24, 2.45) is 20.5 Å². The lowest BCUT2D eigenvalue weighted by Crippen LogP contribution is -2.02. The zero-order chi connectivity index (χ0) is 30.1. The summed E-state index contributed by atoms with van der Waals surface area (Å²) in [6.07, 6.45) is 0. The van der Waals surface area contributed by atoms with Crippen LogP contribution in [0.15, 0.2) is 96.8 Å². The van der Waals surface area contributed by atoms with Crippen LogP contribution in [0.4, 0.5) is 34.1 Å². The highest BCUT2D eigenvalue weighted by atomic mass is 32.2. The summed E-state index contributed by atoms with van der Waals surface area (Å²) >= 11 is 0. The Hall–Kier alpha value is -4.66. The van der Waals surface area contributed by atoms with Gasteiger partial charge in [-0.05, 0) is 78.9 Å². The van der Waals surface area contributed by atoms with Crippen LogP contribution in [-0.4, -0.2) is 33.5 Å². The van der Waals surface area contributed by atoms with Gasteiger partial charge in [0.2, 0.25) is 0 Å². The third kappa shape index (κ3) is 5.94. The van der Waals surface area contributed by atoms with E-state index in [-0.39, 0.29) is 38.5 Å². The molecule has 0 aliphatic heterocycles. The van der Waals surface area contributed by atoms with Crippen LogP contribution in [-0.2, 0) is 20.0 Å². The first kappa shape index (κ1) is 29.3. The van der Waals surface area contributed by atoms with Crippen molar-refractivity contribution in [2.45, 2.75) is 23.6 Å². The molecule has 0 unspecified atom stereocenters. The van der Waals surface area contributed by atoms with Crippen molar-refractivity contribution in [2.75, 3.05) is 18.1 Å². The fourth-order valence-electron chi connectivity index (χ4n) is 3.98. The van der Waals surface area contributed by atoms with Gasteiger partial charge in [0.1, 0.15) is 16.3 Å². The van der Waals surface area contributed by atoms with Gasteiger partial charge in [-0.15, -0.1) is 10.2 Å². The van der Waals surface area contributed by atoms with E-state index >= 15 is 0 Å². The predicted molar refractivity (Wildman–Crippen MR) is 157 cm³/mol. The summed E-state index contributed by atoms with van der Waals surface area (Å²) in [5.41, 5.74) is 8.55. The van der Waals surface area contributed by atoms with E-state index in [1.165, 1.54) is 24.3 Å². The Morgan fingerprint density at radius 1 is 0.878 bits per heavy atom. The molecular formula is C27H26N6O6S2. The van der Waals surface area contributed by atoms with Crippen LogP contribution >= 0.6 is 0 Å². The van der Waals surface area contributed by atoms with E-state index in [1.54, 1.807) is 26.1 Å². The summed E-state index contributed by atoms with van der Waals surface area (Å²) in [6.45, 7) is 6.78. The fraction of sp³-hybridized carbons (Fsp3) is 0.111. The average molecular weight is 595 g/mol. The van der Waals surface area contributed by atoms with E-state index in [1.807, 2.05) is 19.1 Å². The Bertz CT molecular complexity index is 1970. The van der Waals surface area contributed by atoms with Crippen molar-refractivity contribution in [3.63, 3.8) is 0 Å². The average Bonchev–Trinajstić information content (AvgIpc) is 2.92. The van der Waals surface area contributed by atoms with Crippen molar-refractivity contribution >= 4 is 64.9 Å². The number of azo groups is 2. The summed E-state index contributed by atoms with van der Waals surface area (Å²) in [7, 11) is -6.73. The van der Waals surface area contributed by atoms with Gasteiger partial charge in [-0.1, -0.05) is 12.6 Å². The van der Waals surface area contributed by atoms with Crippen molar-refractivity contribution < 1.29 is 26.5 Å². The third-order valence-electron chi connectivity index (χ3n) is 6.22. The van der Waals surface area contributed by atoms with Crippen molar-refractivity contribution in [3.05, 3.63) is 77.7 Å². The molecule has 4 rings (SSSR count). The number of anilines is 2. The smallest absolute Gasteiger partial charge is 0.296 e. The molecule has 4 aromatic carbocycles. The molecule has 0 atom stereocenters. The zero-order valence-corrected chi connectivity index (χ0v) is 23.8. The number of rotatable bonds is 8. The molecule has 41 heavy (non-hydrogen) atoms. The van der Waals surface area contributed by atoms with Gasteiger partial charge < -0.3 is 16.2 Å². The van der Waals surface area contributed by atoms with Gasteiger partial charge in [-0.3, -0.25) is 4.55 Å². The van der Waals surface area contributed by atoms with Crippen LogP contribution in [0.3, 0.4) is 0 Å². The van der Waals surface area contributed by atoms with Crippen molar-refractivity contribution in [1.82, 2.24) is 0 Å². The number of phenols is 1. The highest BCUT2D eigenvalue weighted by Crippen LogP contribution is 2.47. The molecule has 0 aliphatic rings. The number of nitrogens with zero attached hydrogens (tertiary/aromatic N) is 4. The Kier molecular flexibility index (Phi) is 7.92. The Balaban J connectivity index is 1.87. The number of benzene rings is 4. The summed E-state index contributed by atoms with van der Waals surface area (Å²) in [4.78, 5) is -0.657. The van der Waals surface area contributed by atoms with Crippen LogP contribution in [0.2, 0.25) is 0 Å². The molecule has 0 aliphatic carbocycles. The SMILES string of the molecule is C=CS(=O)(=O)c1ccc(N=Nc2c(S(=O)(=O)O)cc3cc(C)c(N=Nc4cc(NC)ccc4C)c(O)c3c2N)cc1. The lowest BCUT2D eigenvalue weighted by molar-refractivity contribution is 0.480. The van der Waals surface area contributed by atoms with E-state index in [0.29, 0.717) is 11.3 Å². The molecule has 0 bridgehead atoms. The minimum Gasteiger partial charge on any atom is -0.505 e. The molecule has 4 aromatic rings. The summed E-state index contributed by atoms with van der Waals surface area (Å²) in [6, 6.07) is 13.4. The third-order valence-corrected chi connectivity index (χ3v) is 8.46. The van der Waals surface area contributed by atoms with Crippen LogP contribution in [0, 0.1) is 13.8 Å². The largest absolute Gasteiger partial charge is 0.505 e. The van der Waals surface area contributed by atoms with Gasteiger partial charge in [0.25, 0.3) is 10.1 Å². The number of aromatic hydroxyl groups is 1. The number of hydrogen-bond acceptors (Lipinski definition) is 11. The number of fused-ring (bicyclic) bond motifs is 1. The zero-order valence-electron chi connectivity index (χ0n) is 22.2. The topological polar surface area (TPSA) is 196 Å². The molecule has 0 spiro atoms. The number of nitrogen functional groups attached to an aromatic ring is 1. The Labute approximate surface area is 236 Å². The molecule has 14 heteroatoms. The van der Waals surface area contributed by atoms with E-state index in [4.69, 9.17) is 5.73 Å². The minimum atomic E-state index is -4.83. The molecule has 212 valence electrons. The van der Waals surface area contributed by atoms with E-state index < -0.39 is 30.5 Å². The molecule has 0 saturated heterocycles. The Morgan fingerprint density at radius 2 is 1.54 bits per heavy atom. The first-order valence-electron chi connectivity index (χ1n) is 11.9. The molecule has 0 amide bonds. The van der Waals surface area contributed by atoms with Gasteiger partial charge in [0, 0.05) is 18.1 Å². The normalized spacial score (nSPS) is 12.4. The molecule has 0 fully saturated rings. The minimum absolute atomic E-state index is 0.0230. The maximum Gasteiger partial charge on any atom is 0.296 e. The maximum absolute atomic E-state index is 12.3. The van der Waals surface area contributed by atoms with Crippen molar-refractivity contribution in [3.8, 4) is 5.75 Å². The van der Waals surface area contributed by atoms with Crippen molar-refractivity contribution in [1.29, 1.82) is 0 Å². The summed E-state index contributed by atoms with van der Waals surface area (Å²) in [5.74, 6) is -0.374. The van der Waals surface area contributed by atoms with Crippen LogP contribution in [0.1, 0.15) is 11.1 Å². The van der Waals surface area contributed by atoms with Gasteiger partial charge in [-0.25, -0.2) is 8.42 Å². The lowest BCUT2D eigenvalue weighted by Gasteiger charge is -2.13. The van der Waals surface area contributed by atoms with E-state index in [0.717, 1.165) is 22.7 Å². The van der Waals surface area contributed by atoms with E-state index in [2.05, 4.69) is 32.4 Å². The number of nitrogens with two attached hydrogens (primary N) is 1. The molecule has 0 saturated carbocycles. The number of phenolic OH excluding ortho intramolecular Hbond substituents is 1. The molecule has 5 N–H and O–H groups in total. The Morgan fingerprint density at radius 3 is 2.15 bits per heavy atom. The second-order valence-electron chi connectivity index (χ2n) is 8.96. The number of sulfone groups is 1. The highest BCUT2D eigenvalue weighted by molar-refractivity contribution is 7.94. The number of nitrogens with one attached hydrogen (secondary N) is 1. The molecule has 0 aromatic heterocycles. The van der Waals surface area contributed by atoms with E-state index in [9.17, 15) is 26.5 Å². The van der Waals surface area contributed by atoms with Gasteiger partial charge in [0.15, 0.2) is 15.6 Å². The number of aryl methyl sites for hydroxylation is 2. The summed E-state index contributed by atoms with van der Waals surface area (Å²) in [5, 5.41) is 31.7. The second kappa shape index (κ2) is 11.1. The second-order valence-corrected chi connectivity index (χ2v) is 12.2. The van der Waals surface area contributed by atoms with Crippen LogP contribution in [0.25, 0.3) is 10.8 Å². The quantitative estimate of drug-likeness (QED) is 0.0972. The first-order chi connectivity index (χ1) is 19.3. The lowest BCUT2D eigenvalue weighted by atomic mass is 10.0. The van der Waals surface area contributed by atoms with Gasteiger partial charge in [-0.2, -0.15) is 18.6 Å². The molecular weight excluding hydrogens is 568 g/mol. The fourth-order valence-corrected chi connectivity index (χ4v) is 5.36. The molecule has 0 radical (unpaired) electrons. The number of hydrogen-bond donors (Lipinski definition) is 4. The standard InChI is InChI=1S/C27H26N6O6S2/c1-5-40(35,36)20-10-8-18(9-11-20)30-33-26-22(41(37,38)39)13-17-12-16(3)25(27(34)23(17)24(26)28)32-31-21-14-19(29-4)7-6-15(21)2/h5-14,29,34H,1,28H2,2-4H3,(H,37,38,39). The monoisotopic (exact) mass is 594 g/mol. The van der Waals surface area contributed by atoms with Gasteiger partial charge in [0.05, 0.1) is 27.3 Å². The molecule has 12 nitrogen and oxygen atoms in total. The predicted octanol–water partition coefficient (Wildman–Crippen LogP) is 6.78. The molecule has 0 heterocycles. The van der Waals surface area contributed by atoms with Crippen LogP contribution in [0.5, 0.6) is 5.75 Å².